The second-order valence-corrected chi connectivity index (χ2v) is 5.78. The van der Waals surface area contributed by atoms with Crippen LogP contribution >= 0.6 is 23.2 Å². The SMILES string of the molecule is COc1cc(NCC(=O)Nc2cc(Cl)ccc2Cl)cc(OC)c1OC. The molecule has 0 atom stereocenters. The molecule has 0 bridgehead atoms. The lowest BCUT2D eigenvalue weighted by Crippen LogP contribution is -2.22. The van der Waals surface area contributed by atoms with Gasteiger partial charge in [0, 0.05) is 22.8 Å². The van der Waals surface area contributed by atoms with Crippen LogP contribution in [-0.4, -0.2) is 33.8 Å². The Morgan fingerprint density at radius 2 is 1.64 bits per heavy atom. The van der Waals surface area contributed by atoms with Gasteiger partial charge in [-0.05, 0) is 18.2 Å². The molecule has 1 amide bonds. The summed E-state index contributed by atoms with van der Waals surface area (Å²) in [5, 5.41) is 6.58. The van der Waals surface area contributed by atoms with Crippen LogP contribution in [-0.2, 0) is 4.79 Å². The zero-order chi connectivity index (χ0) is 18.4. The number of nitrogens with one attached hydrogen (secondary N) is 2. The molecule has 25 heavy (non-hydrogen) atoms. The Bertz CT molecular complexity index is 743. The van der Waals surface area contributed by atoms with Gasteiger partial charge in [-0.25, -0.2) is 0 Å². The van der Waals surface area contributed by atoms with Gasteiger partial charge in [0.2, 0.25) is 11.7 Å². The van der Waals surface area contributed by atoms with Crippen LogP contribution in [0.3, 0.4) is 0 Å². The molecule has 2 aromatic carbocycles. The average Bonchev–Trinajstić information content (AvgIpc) is 2.61. The van der Waals surface area contributed by atoms with E-state index in [-0.39, 0.29) is 12.5 Å². The number of halogens is 2. The van der Waals surface area contributed by atoms with Crippen LogP contribution < -0.4 is 24.8 Å². The molecule has 0 aliphatic heterocycles. The van der Waals surface area contributed by atoms with Gasteiger partial charge in [-0.2, -0.15) is 0 Å². The van der Waals surface area contributed by atoms with Crippen molar-refractivity contribution in [2.24, 2.45) is 0 Å². The maximum Gasteiger partial charge on any atom is 0.243 e. The Morgan fingerprint density at radius 3 is 2.20 bits per heavy atom. The van der Waals surface area contributed by atoms with Crippen molar-refractivity contribution < 1.29 is 19.0 Å². The van der Waals surface area contributed by atoms with Crippen LogP contribution in [0.1, 0.15) is 0 Å². The summed E-state index contributed by atoms with van der Waals surface area (Å²) in [6.45, 7) is 0.0154. The van der Waals surface area contributed by atoms with Gasteiger partial charge in [-0.3, -0.25) is 4.79 Å². The van der Waals surface area contributed by atoms with Crippen molar-refractivity contribution in [3.63, 3.8) is 0 Å². The van der Waals surface area contributed by atoms with E-state index in [4.69, 9.17) is 37.4 Å². The number of ether oxygens (including phenoxy) is 3. The molecule has 2 aromatic rings. The molecule has 0 aromatic heterocycles. The molecule has 0 heterocycles. The van der Waals surface area contributed by atoms with Crippen molar-refractivity contribution in [3.05, 3.63) is 40.4 Å². The Balaban J connectivity index is 2.07. The van der Waals surface area contributed by atoms with E-state index in [0.717, 1.165) is 0 Å². The summed E-state index contributed by atoms with van der Waals surface area (Å²) in [6.07, 6.45) is 0. The topological polar surface area (TPSA) is 68.8 Å². The molecule has 0 unspecified atom stereocenters. The lowest BCUT2D eigenvalue weighted by molar-refractivity contribution is -0.114. The fraction of sp³-hybridized carbons (Fsp3) is 0.235. The first-order chi connectivity index (χ1) is 12.0. The monoisotopic (exact) mass is 384 g/mol. The Kier molecular flexibility index (Phi) is 6.61. The molecule has 0 aliphatic carbocycles. The van der Waals surface area contributed by atoms with Crippen molar-refractivity contribution in [2.75, 3.05) is 38.5 Å². The molecule has 0 fully saturated rings. The smallest absolute Gasteiger partial charge is 0.243 e. The molecule has 0 saturated carbocycles. The maximum absolute atomic E-state index is 12.1. The average molecular weight is 385 g/mol. The number of amides is 1. The number of carbonyl (C=O) groups excluding carboxylic acids is 1. The highest BCUT2D eigenvalue weighted by Crippen LogP contribution is 2.39. The second-order valence-electron chi connectivity index (χ2n) is 4.94. The predicted molar refractivity (Wildman–Crippen MR) is 99.7 cm³/mol. The summed E-state index contributed by atoms with van der Waals surface area (Å²) in [5.74, 6) is 1.17. The third-order valence-corrected chi connectivity index (χ3v) is 3.88. The van der Waals surface area contributed by atoms with Crippen LogP contribution in [0.4, 0.5) is 11.4 Å². The van der Waals surface area contributed by atoms with Crippen LogP contribution in [0.25, 0.3) is 0 Å². The molecule has 0 aliphatic rings. The zero-order valence-corrected chi connectivity index (χ0v) is 15.5. The molecular weight excluding hydrogens is 367 g/mol. The van der Waals surface area contributed by atoms with Gasteiger partial charge in [0.05, 0.1) is 38.6 Å². The van der Waals surface area contributed by atoms with E-state index in [1.54, 1.807) is 30.3 Å². The Morgan fingerprint density at radius 1 is 1.00 bits per heavy atom. The van der Waals surface area contributed by atoms with E-state index >= 15 is 0 Å². The number of hydrogen-bond donors (Lipinski definition) is 2. The van der Waals surface area contributed by atoms with Crippen LogP contribution in [0.5, 0.6) is 17.2 Å². The first kappa shape index (κ1) is 19.0. The summed E-state index contributed by atoms with van der Waals surface area (Å²) in [5.41, 5.74) is 1.09. The van der Waals surface area contributed by atoms with Crippen LogP contribution in [0.2, 0.25) is 10.0 Å². The Hall–Kier alpha value is -2.31. The van der Waals surface area contributed by atoms with E-state index in [2.05, 4.69) is 10.6 Å². The highest BCUT2D eigenvalue weighted by molar-refractivity contribution is 6.35. The van der Waals surface area contributed by atoms with Crippen molar-refractivity contribution in [1.82, 2.24) is 0 Å². The third-order valence-electron chi connectivity index (χ3n) is 3.32. The van der Waals surface area contributed by atoms with E-state index in [0.29, 0.717) is 38.7 Å². The van der Waals surface area contributed by atoms with Gasteiger partial charge in [0.15, 0.2) is 11.5 Å². The zero-order valence-electron chi connectivity index (χ0n) is 14.0. The second kappa shape index (κ2) is 8.69. The molecule has 0 spiro atoms. The third kappa shape index (κ3) is 4.84. The van der Waals surface area contributed by atoms with Gasteiger partial charge in [0.25, 0.3) is 0 Å². The number of rotatable bonds is 7. The lowest BCUT2D eigenvalue weighted by atomic mass is 10.2. The summed E-state index contributed by atoms with van der Waals surface area (Å²) in [7, 11) is 4.57. The number of methoxy groups -OCH3 is 3. The molecule has 2 rings (SSSR count). The van der Waals surface area contributed by atoms with Gasteiger partial charge in [-0.15, -0.1) is 0 Å². The minimum atomic E-state index is -0.280. The predicted octanol–water partition coefficient (Wildman–Crippen LogP) is 4.07. The fourth-order valence-electron chi connectivity index (χ4n) is 2.15. The van der Waals surface area contributed by atoms with Gasteiger partial charge >= 0.3 is 0 Å². The Labute approximate surface area is 156 Å². The normalized spacial score (nSPS) is 10.1. The van der Waals surface area contributed by atoms with Crippen molar-refractivity contribution in [3.8, 4) is 17.2 Å². The molecule has 2 N–H and O–H groups in total. The quantitative estimate of drug-likeness (QED) is 0.752. The molecule has 0 saturated heterocycles. The molecular formula is C17H18Cl2N2O4. The minimum absolute atomic E-state index is 0.0154. The molecule has 8 heteroatoms. The summed E-state index contributed by atoms with van der Waals surface area (Å²) in [4.78, 5) is 12.1. The van der Waals surface area contributed by atoms with Gasteiger partial charge < -0.3 is 24.8 Å². The summed E-state index contributed by atoms with van der Waals surface area (Å²) >= 11 is 11.9. The minimum Gasteiger partial charge on any atom is -0.493 e. The first-order valence-electron chi connectivity index (χ1n) is 7.27. The maximum atomic E-state index is 12.1. The molecule has 6 nitrogen and oxygen atoms in total. The number of anilines is 2. The summed E-state index contributed by atoms with van der Waals surface area (Å²) < 4.78 is 15.8. The van der Waals surface area contributed by atoms with E-state index in [9.17, 15) is 4.79 Å². The number of benzene rings is 2. The van der Waals surface area contributed by atoms with Gasteiger partial charge in [-0.1, -0.05) is 23.2 Å². The van der Waals surface area contributed by atoms with Gasteiger partial charge in [0.1, 0.15) is 0 Å². The van der Waals surface area contributed by atoms with Crippen LogP contribution in [0, 0.1) is 0 Å². The largest absolute Gasteiger partial charge is 0.493 e. The number of hydrogen-bond acceptors (Lipinski definition) is 5. The van der Waals surface area contributed by atoms with E-state index in [1.165, 1.54) is 21.3 Å². The fourth-order valence-corrected chi connectivity index (χ4v) is 2.49. The molecule has 134 valence electrons. The highest BCUT2D eigenvalue weighted by atomic mass is 35.5. The summed E-state index contributed by atoms with van der Waals surface area (Å²) in [6, 6.07) is 8.27. The van der Waals surface area contributed by atoms with E-state index < -0.39 is 0 Å². The van der Waals surface area contributed by atoms with E-state index in [1.807, 2.05) is 0 Å². The van der Waals surface area contributed by atoms with Crippen molar-refractivity contribution in [2.45, 2.75) is 0 Å². The number of carbonyl (C=O) groups is 1. The molecule has 0 radical (unpaired) electrons. The lowest BCUT2D eigenvalue weighted by Gasteiger charge is -2.15. The standard InChI is InChI=1S/C17H18Cl2N2O4/c1-23-14-7-11(8-15(24-2)17(14)25-3)20-9-16(22)21-13-6-10(18)4-5-12(13)19/h4-8,20H,9H2,1-3H3,(H,21,22). The highest BCUT2D eigenvalue weighted by Gasteiger charge is 2.14. The first-order valence-corrected chi connectivity index (χ1v) is 8.02. The van der Waals surface area contributed by atoms with Crippen LogP contribution in [0.15, 0.2) is 30.3 Å². The van der Waals surface area contributed by atoms with Crippen molar-refractivity contribution in [1.29, 1.82) is 0 Å². The van der Waals surface area contributed by atoms with Crippen molar-refractivity contribution >= 4 is 40.5 Å².